The minimum Gasteiger partial charge on any atom is -0.496 e. The summed E-state index contributed by atoms with van der Waals surface area (Å²) < 4.78 is 12.2. The lowest BCUT2D eigenvalue weighted by Gasteiger charge is -2.00. The summed E-state index contributed by atoms with van der Waals surface area (Å²) in [5.74, 6) is 1.66. The molecule has 0 unspecified atom stereocenters. The second kappa shape index (κ2) is 4.50. The molecule has 0 bridgehead atoms. The Kier molecular flexibility index (Phi) is 2.84. The first-order valence-corrected chi connectivity index (χ1v) is 6.40. The largest absolute Gasteiger partial charge is 0.496 e. The van der Waals surface area contributed by atoms with Crippen LogP contribution in [0.2, 0.25) is 0 Å². The van der Waals surface area contributed by atoms with Gasteiger partial charge in [0.2, 0.25) is 0 Å². The standard InChI is InChI=1S/C15H11BrO2/c1-17-14-7-11(16)8-15-12(14)9-13(18-15)10-5-3-2-4-6-10/h2-9H,1H3. The predicted molar refractivity (Wildman–Crippen MR) is 75.9 cm³/mol. The highest BCUT2D eigenvalue weighted by Crippen LogP contribution is 2.35. The van der Waals surface area contributed by atoms with Crippen molar-refractivity contribution in [3.05, 3.63) is 53.0 Å². The Morgan fingerprint density at radius 3 is 2.56 bits per heavy atom. The van der Waals surface area contributed by atoms with Crippen LogP contribution in [0.5, 0.6) is 5.75 Å². The Hall–Kier alpha value is -1.74. The van der Waals surface area contributed by atoms with Gasteiger partial charge < -0.3 is 9.15 Å². The number of methoxy groups -OCH3 is 1. The van der Waals surface area contributed by atoms with Crippen LogP contribution in [0, 0.1) is 0 Å². The van der Waals surface area contributed by atoms with E-state index in [1.165, 1.54) is 0 Å². The van der Waals surface area contributed by atoms with Crippen LogP contribution in [0.15, 0.2) is 57.4 Å². The van der Waals surface area contributed by atoms with E-state index < -0.39 is 0 Å². The van der Waals surface area contributed by atoms with Crippen molar-refractivity contribution in [3.8, 4) is 17.1 Å². The molecule has 0 aliphatic heterocycles. The average Bonchev–Trinajstić information content (AvgIpc) is 2.82. The summed E-state index contributed by atoms with van der Waals surface area (Å²) >= 11 is 3.45. The number of rotatable bonds is 2. The highest BCUT2D eigenvalue weighted by Gasteiger charge is 2.11. The Morgan fingerprint density at radius 1 is 1.06 bits per heavy atom. The van der Waals surface area contributed by atoms with Gasteiger partial charge in [-0.25, -0.2) is 0 Å². The van der Waals surface area contributed by atoms with Crippen molar-refractivity contribution in [2.75, 3.05) is 7.11 Å². The van der Waals surface area contributed by atoms with Crippen LogP contribution in [0.3, 0.4) is 0 Å². The number of halogens is 1. The van der Waals surface area contributed by atoms with Gasteiger partial charge in [0.1, 0.15) is 17.1 Å². The fourth-order valence-corrected chi connectivity index (χ4v) is 2.40. The number of benzene rings is 2. The molecular formula is C15H11BrO2. The third-order valence-corrected chi connectivity index (χ3v) is 3.30. The first-order chi connectivity index (χ1) is 8.78. The van der Waals surface area contributed by atoms with Crippen molar-refractivity contribution >= 4 is 26.9 Å². The highest BCUT2D eigenvalue weighted by atomic mass is 79.9. The van der Waals surface area contributed by atoms with Gasteiger partial charge in [-0.1, -0.05) is 46.3 Å². The van der Waals surface area contributed by atoms with Crippen molar-refractivity contribution in [2.45, 2.75) is 0 Å². The third-order valence-electron chi connectivity index (χ3n) is 2.84. The summed E-state index contributed by atoms with van der Waals surface area (Å²) in [6.45, 7) is 0. The van der Waals surface area contributed by atoms with Gasteiger partial charge in [0.05, 0.1) is 12.5 Å². The molecule has 0 saturated heterocycles. The fourth-order valence-electron chi connectivity index (χ4n) is 1.99. The van der Waals surface area contributed by atoms with E-state index in [1.54, 1.807) is 7.11 Å². The van der Waals surface area contributed by atoms with E-state index in [4.69, 9.17) is 9.15 Å². The number of hydrogen-bond acceptors (Lipinski definition) is 2. The number of ether oxygens (including phenoxy) is 1. The molecule has 3 rings (SSSR count). The van der Waals surface area contributed by atoms with Crippen molar-refractivity contribution in [3.63, 3.8) is 0 Å². The maximum absolute atomic E-state index is 5.87. The molecule has 1 aromatic heterocycles. The second-order valence-corrected chi connectivity index (χ2v) is 4.91. The zero-order valence-corrected chi connectivity index (χ0v) is 11.4. The van der Waals surface area contributed by atoms with Crippen LogP contribution >= 0.6 is 15.9 Å². The smallest absolute Gasteiger partial charge is 0.139 e. The molecule has 0 atom stereocenters. The molecule has 0 fully saturated rings. The molecular weight excluding hydrogens is 292 g/mol. The van der Waals surface area contributed by atoms with E-state index in [9.17, 15) is 0 Å². The topological polar surface area (TPSA) is 22.4 Å². The first-order valence-electron chi connectivity index (χ1n) is 5.60. The van der Waals surface area contributed by atoms with Crippen LogP contribution in [-0.2, 0) is 0 Å². The SMILES string of the molecule is COc1cc(Br)cc2oc(-c3ccccc3)cc12. The van der Waals surface area contributed by atoms with Crippen LogP contribution in [0.4, 0.5) is 0 Å². The van der Waals surface area contributed by atoms with Crippen molar-refractivity contribution < 1.29 is 9.15 Å². The lowest BCUT2D eigenvalue weighted by molar-refractivity contribution is 0.419. The molecule has 18 heavy (non-hydrogen) atoms. The summed E-state index contributed by atoms with van der Waals surface area (Å²) in [6.07, 6.45) is 0. The molecule has 0 N–H and O–H groups in total. The summed E-state index contributed by atoms with van der Waals surface area (Å²) in [5, 5.41) is 0.986. The normalized spacial score (nSPS) is 10.8. The van der Waals surface area contributed by atoms with Crippen molar-refractivity contribution in [1.82, 2.24) is 0 Å². The maximum atomic E-state index is 5.87. The molecule has 0 radical (unpaired) electrons. The highest BCUT2D eigenvalue weighted by molar-refractivity contribution is 9.10. The van der Waals surface area contributed by atoms with Gasteiger partial charge in [-0.15, -0.1) is 0 Å². The van der Waals surface area contributed by atoms with Crippen molar-refractivity contribution in [2.24, 2.45) is 0 Å². The molecule has 0 saturated carbocycles. The van der Waals surface area contributed by atoms with E-state index in [0.29, 0.717) is 0 Å². The molecule has 3 heteroatoms. The molecule has 3 aromatic rings. The fraction of sp³-hybridized carbons (Fsp3) is 0.0667. The molecule has 0 spiro atoms. The molecule has 0 aliphatic carbocycles. The van der Waals surface area contributed by atoms with E-state index in [0.717, 1.165) is 32.5 Å². The van der Waals surface area contributed by atoms with Gasteiger partial charge in [0, 0.05) is 10.0 Å². The molecule has 0 aliphatic rings. The second-order valence-electron chi connectivity index (χ2n) is 4.00. The van der Waals surface area contributed by atoms with Gasteiger partial charge in [0.15, 0.2) is 0 Å². The van der Waals surface area contributed by atoms with Crippen LogP contribution in [0.25, 0.3) is 22.3 Å². The maximum Gasteiger partial charge on any atom is 0.139 e. The minimum atomic E-state index is 0.810. The van der Waals surface area contributed by atoms with Gasteiger partial charge in [-0.3, -0.25) is 0 Å². The van der Waals surface area contributed by atoms with Crippen LogP contribution < -0.4 is 4.74 Å². The Morgan fingerprint density at radius 2 is 1.83 bits per heavy atom. The van der Waals surface area contributed by atoms with Gasteiger partial charge in [0.25, 0.3) is 0 Å². The molecule has 2 aromatic carbocycles. The quantitative estimate of drug-likeness (QED) is 0.674. The number of furan rings is 1. The Bertz CT molecular complexity index is 686. The van der Waals surface area contributed by atoms with Crippen LogP contribution in [-0.4, -0.2) is 7.11 Å². The average molecular weight is 303 g/mol. The minimum absolute atomic E-state index is 0.810. The summed E-state index contributed by atoms with van der Waals surface area (Å²) in [7, 11) is 1.66. The monoisotopic (exact) mass is 302 g/mol. The van der Waals surface area contributed by atoms with Crippen molar-refractivity contribution in [1.29, 1.82) is 0 Å². The lowest BCUT2D eigenvalue weighted by Crippen LogP contribution is -1.82. The van der Waals surface area contributed by atoms with E-state index in [1.807, 2.05) is 48.5 Å². The predicted octanol–water partition coefficient (Wildman–Crippen LogP) is 4.87. The van der Waals surface area contributed by atoms with Gasteiger partial charge >= 0.3 is 0 Å². The molecule has 90 valence electrons. The zero-order valence-electron chi connectivity index (χ0n) is 9.81. The lowest BCUT2D eigenvalue weighted by atomic mass is 10.1. The van der Waals surface area contributed by atoms with Gasteiger partial charge in [-0.05, 0) is 18.2 Å². The van der Waals surface area contributed by atoms with E-state index in [-0.39, 0.29) is 0 Å². The van der Waals surface area contributed by atoms with E-state index in [2.05, 4.69) is 15.9 Å². The third kappa shape index (κ3) is 1.91. The number of fused-ring (bicyclic) bond motifs is 1. The zero-order chi connectivity index (χ0) is 12.5. The molecule has 2 nitrogen and oxygen atoms in total. The Labute approximate surface area is 113 Å². The van der Waals surface area contributed by atoms with E-state index >= 15 is 0 Å². The summed E-state index contributed by atoms with van der Waals surface area (Å²) in [4.78, 5) is 0. The Balaban J connectivity index is 2.23. The summed E-state index contributed by atoms with van der Waals surface area (Å²) in [5.41, 5.74) is 1.88. The molecule has 1 heterocycles. The van der Waals surface area contributed by atoms with Crippen LogP contribution in [0.1, 0.15) is 0 Å². The first kappa shape index (κ1) is 11.4. The van der Waals surface area contributed by atoms with Gasteiger partial charge in [-0.2, -0.15) is 0 Å². The molecule has 0 amide bonds. The summed E-state index contributed by atoms with van der Waals surface area (Å²) in [6, 6.07) is 15.9. The number of hydrogen-bond donors (Lipinski definition) is 0.